The second-order valence-corrected chi connectivity index (χ2v) is 7.30. The van der Waals surface area contributed by atoms with Gasteiger partial charge in [-0.2, -0.15) is 0 Å². The van der Waals surface area contributed by atoms with Crippen molar-refractivity contribution in [1.29, 1.82) is 0 Å². The van der Waals surface area contributed by atoms with Gasteiger partial charge in [0.05, 0.1) is 12.6 Å². The van der Waals surface area contributed by atoms with Crippen LogP contribution >= 0.6 is 0 Å². The molecule has 0 radical (unpaired) electrons. The van der Waals surface area contributed by atoms with Gasteiger partial charge in [-0.1, -0.05) is 27.7 Å². The van der Waals surface area contributed by atoms with Crippen LogP contribution in [0.15, 0.2) is 0 Å². The van der Waals surface area contributed by atoms with Gasteiger partial charge in [-0.05, 0) is 24.7 Å². The molecule has 1 saturated heterocycles. The minimum absolute atomic E-state index is 0.0561. The van der Waals surface area contributed by atoms with Crippen molar-refractivity contribution in [2.24, 2.45) is 17.6 Å². The van der Waals surface area contributed by atoms with E-state index in [0.29, 0.717) is 19.4 Å². The van der Waals surface area contributed by atoms with Crippen molar-refractivity contribution in [3.05, 3.63) is 0 Å². The fourth-order valence-corrected chi connectivity index (χ4v) is 2.79. The highest BCUT2D eigenvalue weighted by Crippen LogP contribution is 2.18. The van der Waals surface area contributed by atoms with Crippen molar-refractivity contribution in [1.82, 2.24) is 15.5 Å². The number of hydrogen-bond donors (Lipinski definition) is 4. The third-order valence-corrected chi connectivity index (χ3v) is 4.54. The van der Waals surface area contributed by atoms with Gasteiger partial charge in [-0.3, -0.25) is 14.4 Å². The van der Waals surface area contributed by atoms with Crippen LogP contribution in [0.3, 0.4) is 0 Å². The molecule has 9 heteroatoms. The Morgan fingerprint density at radius 2 is 1.77 bits per heavy atom. The monoisotopic (exact) mass is 370 g/mol. The highest BCUT2D eigenvalue weighted by Gasteiger charge is 2.36. The van der Waals surface area contributed by atoms with E-state index < -0.39 is 35.9 Å². The molecule has 5 N–H and O–H groups in total. The first kappa shape index (κ1) is 21.9. The molecule has 0 aliphatic carbocycles. The van der Waals surface area contributed by atoms with E-state index >= 15 is 0 Å². The fourth-order valence-electron chi connectivity index (χ4n) is 2.79. The zero-order valence-corrected chi connectivity index (χ0v) is 15.8. The highest BCUT2D eigenvalue weighted by molar-refractivity contribution is 5.93. The molecular weight excluding hydrogens is 340 g/mol. The van der Waals surface area contributed by atoms with Gasteiger partial charge in [-0.15, -0.1) is 0 Å². The first-order valence-electron chi connectivity index (χ1n) is 8.92. The van der Waals surface area contributed by atoms with Crippen LogP contribution in [-0.4, -0.2) is 64.9 Å². The number of nitrogens with one attached hydrogen (secondary N) is 2. The average molecular weight is 370 g/mol. The third-order valence-electron chi connectivity index (χ3n) is 4.54. The van der Waals surface area contributed by atoms with E-state index in [9.17, 15) is 24.3 Å². The molecule has 0 bridgehead atoms. The lowest BCUT2D eigenvalue weighted by atomic mass is 10.0. The summed E-state index contributed by atoms with van der Waals surface area (Å²) in [5.74, 6) is -2.73. The number of hydrogen-bond acceptors (Lipinski definition) is 5. The quantitative estimate of drug-likeness (QED) is 0.445. The molecule has 1 heterocycles. The van der Waals surface area contributed by atoms with E-state index in [1.165, 1.54) is 4.90 Å². The van der Waals surface area contributed by atoms with Gasteiger partial charge in [0, 0.05) is 6.54 Å². The Hall–Kier alpha value is -2.16. The van der Waals surface area contributed by atoms with Crippen LogP contribution in [0, 0.1) is 11.8 Å². The van der Waals surface area contributed by atoms with Gasteiger partial charge in [0.1, 0.15) is 12.1 Å². The van der Waals surface area contributed by atoms with E-state index in [1.54, 1.807) is 27.7 Å². The van der Waals surface area contributed by atoms with E-state index in [2.05, 4.69) is 10.6 Å². The standard InChI is InChI=1S/C17H30N4O5/c1-9(2)13(18)16(24)19-8-12(22)21-7-5-6-11(21)15(23)20-14(10(3)4)17(25)26/h9-11,13-14H,5-8,18H2,1-4H3,(H,19,24)(H,20,23)(H,25,26). The molecule has 26 heavy (non-hydrogen) atoms. The van der Waals surface area contributed by atoms with Crippen LogP contribution in [0.1, 0.15) is 40.5 Å². The predicted octanol–water partition coefficient (Wildman–Crippen LogP) is -0.698. The topological polar surface area (TPSA) is 142 Å². The second kappa shape index (κ2) is 9.51. The summed E-state index contributed by atoms with van der Waals surface area (Å²) < 4.78 is 0. The maximum Gasteiger partial charge on any atom is 0.326 e. The number of carbonyl (C=O) groups is 4. The SMILES string of the molecule is CC(C)C(N)C(=O)NCC(=O)N1CCCC1C(=O)NC(C(=O)O)C(C)C. The van der Waals surface area contributed by atoms with Gasteiger partial charge < -0.3 is 26.4 Å². The lowest BCUT2D eigenvalue weighted by Crippen LogP contribution is -2.54. The van der Waals surface area contributed by atoms with Crippen LogP contribution < -0.4 is 16.4 Å². The van der Waals surface area contributed by atoms with Gasteiger partial charge >= 0.3 is 5.97 Å². The number of nitrogens with zero attached hydrogens (tertiary/aromatic N) is 1. The maximum atomic E-state index is 12.4. The largest absolute Gasteiger partial charge is 0.480 e. The molecule has 1 aliphatic rings. The van der Waals surface area contributed by atoms with Crippen LogP contribution in [0.25, 0.3) is 0 Å². The molecule has 1 fully saturated rings. The number of amides is 3. The molecule has 0 aromatic heterocycles. The molecule has 3 unspecified atom stereocenters. The molecule has 9 nitrogen and oxygen atoms in total. The van der Waals surface area contributed by atoms with E-state index in [-0.39, 0.29) is 24.3 Å². The van der Waals surface area contributed by atoms with E-state index in [4.69, 9.17) is 5.73 Å². The zero-order valence-electron chi connectivity index (χ0n) is 15.8. The normalized spacial score (nSPS) is 19.3. The van der Waals surface area contributed by atoms with E-state index in [0.717, 1.165) is 0 Å². The summed E-state index contributed by atoms with van der Waals surface area (Å²) in [5, 5.41) is 14.2. The summed E-state index contributed by atoms with van der Waals surface area (Å²) in [6, 6.07) is -2.44. The van der Waals surface area contributed by atoms with Crippen molar-refractivity contribution in [2.75, 3.05) is 13.1 Å². The summed E-state index contributed by atoms with van der Waals surface area (Å²) in [4.78, 5) is 49.3. The summed E-state index contributed by atoms with van der Waals surface area (Å²) in [6.07, 6.45) is 1.10. The minimum atomic E-state index is -1.11. The van der Waals surface area contributed by atoms with Crippen molar-refractivity contribution in [3.63, 3.8) is 0 Å². The summed E-state index contributed by atoms with van der Waals surface area (Å²) in [6.45, 7) is 7.16. The molecular formula is C17H30N4O5. The van der Waals surface area contributed by atoms with Crippen molar-refractivity contribution in [3.8, 4) is 0 Å². The third kappa shape index (κ3) is 5.69. The lowest BCUT2D eigenvalue weighted by molar-refractivity contribution is -0.145. The zero-order chi connectivity index (χ0) is 20.0. The van der Waals surface area contributed by atoms with Crippen LogP contribution in [0.2, 0.25) is 0 Å². The van der Waals surface area contributed by atoms with Gasteiger partial charge in [0.15, 0.2) is 0 Å². The van der Waals surface area contributed by atoms with Crippen molar-refractivity contribution in [2.45, 2.75) is 58.7 Å². The lowest BCUT2D eigenvalue weighted by Gasteiger charge is -2.27. The van der Waals surface area contributed by atoms with Crippen LogP contribution in [0.4, 0.5) is 0 Å². The predicted molar refractivity (Wildman–Crippen MR) is 95.0 cm³/mol. The molecule has 3 atom stereocenters. The minimum Gasteiger partial charge on any atom is -0.480 e. The Morgan fingerprint density at radius 3 is 2.27 bits per heavy atom. The summed E-state index contributed by atoms with van der Waals surface area (Å²) in [7, 11) is 0. The number of carboxylic acids is 1. The number of likely N-dealkylation sites (tertiary alicyclic amines) is 1. The molecule has 0 spiro atoms. The summed E-state index contributed by atoms with van der Waals surface area (Å²) in [5.41, 5.74) is 5.73. The smallest absolute Gasteiger partial charge is 0.326 e. The number of rotatable bonds is 8. The number of nitrogens with two attached hydrogens (primary N) is 1. The average Bonchev–Trinajstić information content (AvgIpc) is 3.05. The Balaban J connectivity index is 2.66. The number of carbonyl (C=O) groups excluding carboxylic acids is 3. The van der Waals surface area contributed by atoms with Gasteiger partial charge in [-0.25, -0.2) is 4.79 Å². The first-order valence-corrected chi connectivity index (χ1v) is 8.92. The van der Waals surface area contributed by atoms with Gasteiger partial charge in [0.2, 0.25) is 17.7 Å². The Bertz CT molecular complexity index is 549. The Morgan fingerprint density at radius 1 is 1.15 bits per heavy atom. The number of aliphatic carboxylic acids is 1. The molecule has 0 saturated carbocycles. The Kier molecular flexibility index (Phi) is 8.01. The maximum absolute atomic E-state index is 12.4. The number of carboxylic acid groups (broad SMARTS) is 1. The molecule has 1 rings (SSSR count). The van der Waals surface area contributed by atoms with Gasteiger partial charge in [0.25, 0.3) is 0 Å². The van der Waals surface area contributed by atoms with Crippen LogP contribution in [-0.2, 0) is 19.2 Å². The van der Waals surface area contributed by atoms with Crippen LogP contribution in [0.5, 0.6) is 0 Å². The first-order chi connectivity index (χ1) is 12.1. The van der Waals surface area contributed by atoms with Crippen molar-refractivity contribution >= 4 is 23.7 Å². The highest BCUT2D eigenvalue weighted by atomic mass is 16.4. The molecule has 1 aliphatic heterocycles. The molecule has 3 amide bonds. The fraction of sp³-hybridized carbons (Fsp3) is 0.765. The van der Waals surface area contributed by atoms with E-state index in [1.807, 2.05) is 0 Å². The second-order valence-electron chi connectivity index (χ2n) is 7.30. The Labute approximate surface area is 153 Å². The summed E-state index contributed by atoms with van der Waals surface area (Å²) >= 11 is 0. The molecule has 0 aromatic rings. The van der Waals surface area contributed by atoms with Crippen molar-refractivity contribution < 1.29 is 24.3 Å². The molecule has 148 valence electrons. The molecule has 0 aromatic carbocycles.